The van der Waals surface area contributed by atoms with E-state index in [1.165, 1.54) is 5.57 Å². The molecule has 84 valence electrons. The van der Waals surface area contributed by atoms with Gasteiger partial charge in [0.2, 0.25) is 0 Å². The smallest absolute Gasteiger partial charge is 0.0252 e. The number of rotatable bonds is 3. The van der Waals surface area contributed by atoms with Crippen LogP contribution in [-0.4, -0.2) is 0 Å². The molecule has 0 bridgehead atoms. The van der Waals surface area contributed by atoms with Gasteiger partial charge in [0.25, 0.3) is 0 Å². The molecule has 1 aromatic carbocycles. The van der Waals surface area contributed by atoms with Crippen molar-refractivity contribution in [2.75, 3.05) is 0 Å². The summed E-state index contributed by atoms with van der Waals surface area (Å²) in [7, 11) is 0. The highest BCUT2D eigenvalue weighted by atomic mass is 32.1. The summed E-state index contributed by atoms with van der Waals surface area (Å²) < 4.78 is 0. The third-order valence-corrected chi connectivity index (χ3v) is 3.21. The van der Waals surface area contributed by atoms with Crippen molar-refractivity contribution in [3.63, 3.8) is 0 Å². The van der Waals surface area contributed by atoms with E-state index in [1.807, 2.05) is 50.3 Å². The van der Waals surface area contributed by atoms with Crippen molar-refractivity contribution >= 4 is 30.2 Å². The Kier molecular flexibility index (Phi) is 4.97. The molecule has 0 spiro atoms. The molecule has 0 saturated heterocycles. The normalized spacial score (nSPS) is 11.8. The Labute approximate surface area is 109 Å². The SMILES string of the molecule is C=C(C=C(C)C)/C(S)=C(/S)c1ccccc1. The number of hydrogen-bond donors (Lipinski definition) is 2. The van der Waals surface area contributed by atoms with E-state index in [1.54, 1.807) is 0 Å². The molecule has 0 nitrogen and oxygen atoms in total. The van der Waals surface area contributed by atoms with Crippen molar-refractivity contribution in [3.8, 4) is 0 Å². The van der Waals surface area contributed by atoms with Gasteiger partial charge >= 0.3 is 0 Å². The molecule has 0 aromatic heterocycles. The van der Waals surface area contributed by atoms with E-state index in [4.69, 9.17) is 0 Å². The quantitative estimate of drug-likeness (QED) is 0.560. The van der Waals surface area contributed by atoms with Crippen LogP contribution >= 0.6 is 25.3 Å². The van der Waals surface area contributed by atoms with Gasteiger partial charge in [-0.1, -0.05) is 48.6 Å². The van der Waals surface area contributed by atoms with E-state index in [0.29, 0.717) is 0 Å². The second-order valence-electron chi connectivity index (χ2n) is 3.81. The van der Waals surface area contributed by atoms with Crippen LogP contribution in [0.25, 0.3) is 4.91 Å². The van der Waals surface area contributed by atoms with Crippen LogP contribution in [0.15, 0.2) is 59.0 Å². The highest BCUT2D eigenvalue weighted by Crippen LogP contribution is 2.29. The summed E-state index contributed by atoms with van der Waals surface area (Å²) >= 11 is 8.95. The van der Waals surface area contributed by atoms with Crippen molar-refractivity contribution in [1.29, 1.82) is 0 Å². The molecule has 1 aromatic rings. The summed E-state index contributed by atoms with van der Waals surface area (Å²) in [5.41, 5.74) is 3.14. The minimum atomic E-state index is 0.815. The lowest BCUT2D eigenvalue weighted by atomic mass is 10.1. The van der Waals surface area contributed by atoms with Gasteiger partial charge in [-0.3, -0.25) is 0 Å². The van der Waals surface area contributed by atoms with Crippen molar-refractivity contribution in [2.24, 2.45) is 0 Å². The molecule has 0 N–H and O–H groups in total. The Morgan fingerprint density at radius 2 is 1.69 bits per heavy atom. The molecule has 0 fully saturated rings. The Hall–Kier alpha value is -0.860. The summed E-state index contributed by atoms with van der Waals surface area (Å²) in [6.45, 7) is 8.05. The van der Waals surface area contributed by atoms with Gasteiger partial charge < -0.3 is 0 Å². The van der Waals surface area contributed by atoms with Crippen LogP contribution in [0.3, 0.4) is 0 Å². The van der Waals surface area contributed by atoms with Crippen molar-refractivity contribution in [3.05, 3.63) is 64.6 Å². The monoisotopic (exact) mass is 248 g/mol. The van der Waals surface area contributed by atoms with Crippen LogP contribution in [0.5, 0.6) is 0 Å². The van der Waals surface area contributed by atoms with Crippen LogP contribution in [0.1, 0.15) is 19.4 Å². The van der Waals surface area contributed by atoms with E-state index in [0.717, 1.165) is 20.9 Å². The number of allylic oxidation sites excluding steroid dienone is 3. The zero-order valence-corrected chi connectivity index (χ0v) is 11.4. The molecule has 2 heteroatoms. The maximum absolute atomic E-state index is 4.49. The largest absolute Gasteiger partial charge is 0.142 e. The molecule has 0 amide bonds. The number of thiol groups is 2. The Morgan fingerprint density at radius 3 is 2.19 bits per heavy atom. The van der Waals surface area contributed by atoms with E-state index >= 15 is 0 Å². The second-order valence-corrected chi connectivity index (χ2v) is 4.70. The van der Waals surface area contributed by atoms with Gasteiger partial charge in [-0.05, 0) is 25.0 Å². The molecular formula is C14H16S2. The molecule has 0 unspecified atom stereocenters. The molecule has 0 atom stereocenters. The van der Waals surface area contributed by atoms with Gasteiger partial charge in [-0.2, -0.15) is 0 Å². The van der Waals surface area contributed by atoms with E-state index in [9.17, 15) is 0 Å². The van der Waals surface area contributed by atoms with Gasteiger partial charge in [-0.25, -0.2) is 0 Å². The Bertz CT molecular complexity index is 435. The van der Waals surface area contributed by atoms with E-state index in [2.05, 4.69) is 31.8 Å². The van der Waals surface area contributed by atoms with E-state index in [-0.39, 0.29) is 0 Å². The third kappa shape index (κ3) is 3.62. The summed E-state index contributed by atoms with van der Waals surface area (Å²) in [6.07, 6.45) is 2.00. The highest BCUT2D eigenvalue weighted by Gasteiger charge is 2.03. The first-order valence-electron chi connectivity index (χ1n) is 5.04. The fraction of sp³-hybridized carbons (Fsp3) is 0.143. The second kappa shape index (κ2) is 6.02. The van der Waals surface area contributed by atoms with Gasteiger partial charge in [0, 0.05) is 9.81 Å². The number of hydrogen-bond acceptors (Lipinski definition) is 2. The average molecular weight is 248 g/mol. The number of benzene rings is 1. The Morgan fingerprint density at radius 1 is 1.12 bits per heavy atom. The molecule has 0 aliphatic rings. The lowest BCUT2D eigenvalue weighted by molar-refractivity contribution is 1.38. The molecule has 0 saturated carbocycles. The van der Waals surface area contributed by atoms with Crippen LogP contribution in [-0.2, 0) is 0 Å². The lowest BCUT2D eigenvalue weighted by Gasteiger charge is -2.07. The summed E-state index contributed by atoms with van der Waals surface area (Å²) in [4.78, 5) is 1.67. The fourth-order valence-corrected chi connectivity index (χ4v) is 1.79. The third-order valence-electron chi connectivity index (χ3n) is 2.04. The predicted octanol–water partition coefficient (Wildman–Crippen LogP) is 4.74. The first-order valence-corrected chi connectivity index (χ1v) is 5.93. The summed E-state index contributed by atoms with van der Waals surface area (Å²) in [5, 5.41) is 0. The van der Waals surface area contributed by atoms with Crippen LogP contribution < -0.4 is 0 Å². The molecule has 16 heavy (non-hydrogen) atoms. The maximum Gasteiger partial charge on any atom is 0.0252 e. The van der Waals surface area contributed by atoms with Crippen molar-refractivity contribution in [1.82, 2.24) is 0 Å². The molecular weight excluding hydrogens is 232 g/mol. The van der Waals surface area contributed by atoms with Crippen molar-refractivity contribution < 1.29 is 0 Å². The summed E-state index contributed by atoms with van der Waals surface area (Å²) in [5.74, 6) is 0. The minimum Gasteiger partial charge on any atom is -0.142 e. The summed E-state index contributed by atoms with van der Waals surface area (Å²) in [6, 6.07) is 9.96. The molecule has 0 heterocycles. The highest BCUT2D eigenvalue weighted by molar-refractivity contribution is 7.93. The van der Waals surface area contributed by atoms with Gasteiger partial charge in [0.05, 0.1) is 0 Å². The lowest BCUT2D eigenvalue weighted by Crippen LogP contribution is -1.83. The standard InChI is InChI=1S/C14H16S2/c1-10(2)9-11(3)13(15)14(16)12-7-5-4-6-8-12/h4-9,15-16H,3H2,1-2H3/b14-13-. The van der Waals surface area contributed by atoms with Crippen LogP contribution in [0, 0.1) is 0 Å². The molecule has 0 aliphatic heterocycles. The fourth-order valence-electron chi connectivity index (χ4n) is 1.30. The van der Waals surface area contributed by atoms with Gasteiger partial charge in [0.1, 0.15) is 0 Å². The van der Waals surface area contributed by atoms with Gasteiger partial charge in [0.15, 0.2) is 0 Å². The topological polar surface area (TPSA) is 0 Å². The van der Waals surface area contributed by atoms with Crippen LogP contribution in [0.2, 0.25) is 0 Å². The first kappa shape index (κ1) is 13.2. The van der Waals surface area contributed by atoms with E-state index < -0.39 is 0 Å². The van der Waals surface area contributed by atoms with Crippen molar-refractivity contribution in [2.45, 2.75) is 13.8 Å². The molecule has 0 aliphatic carbocycles. The zero-order chi connectivity index (χ0) is 12.1. The maximum atomic E-state index is 4.49. The van der Waals surface area contributed by atoms with Crippen LogP contribution in [0.4, 0.5) is 0 Å². The zero-order valence-electron chi connectivity index (χ0n) is 9.57. The predicted molar refractivity (Wildman–Crippen MR) is 79.9 cm³/mol. The minimum absolute atomic E-state index is 0.815. The molecule has 0 radical (unpaired) electrons. The first-order chi connectivity index (χ1) is 7.52. The molecule has 1 rings (SSSR count). The Balaban J connectivity index is 3.06. The average Bonchev–Trinajstić information content (AvgIpc) is 2.27. The van der Waals surface area contributed by atoms with Gasteiger partial charge in [-0.15, -0.1) is 25.3 Å².